The third-order valence-electron chi connectivity index (χ3n) is 3.20. The van der Waals surface area contributed by atoms with Crippen LogP contribution in [0.25, 0.3) is 0 Å². The molecule has 7 nitrogen and oxygen atoms in total. The molecular weight excluding hydrogens is 270 g/mol. The second-order valence-corrected chi connectivity index (χ2v) is 6.16. The normalized spacial score (nSPS) is 24.7. The molecule has 0 saturated carbocycles. The van der Waals surface area contributed by atoms with E-state index in [4.69, 9.17) is 15.2 Å². The number of hydrogen-bond donors (Lipinski definition) is 1. The summed E-state index contributed by atoms with van der Waals surface area (Å²) in [7, 11) is -0.604. The van der Waals surface area contributed by atoms with E-state index in [2.05, 4.69) is 4.98 Å². The van der Waals surface area contributed by atoms with Gasteiger partial charge in [0.15, 0.2) is 0 Å². The predicted molar refractivity (Wildman–Crippen MR) is 69.0 cm³/mol. The number of nitrogens with zero attached hydrogens (tertiary/aromatic N) is 2. The smallest absolute Gasteiger partial charge is 0.246 e. The van der Waals surface area contributed by atoms with Gasteiger partial charge in [0.1, 0.15) is 10.7 Å². The summed E-state index contributed by atoms with van der Waals surface area (Å²) in [5.74, 6) is -0.00247. The number of sulfonamides is 1. The molecule has 1 saturated heterocycles. The average Bonchev–Trinajstić information content (AvgIpc) is 2.83. The highest BCUT2D eigenvalue weighted by Crippen LogP contribution is 2.26. The molecule has 8 heteroatoms. The van der Waals surface area contributed by atoms with E-state index in [-0.39, 0.29) is 36.0 Å². The Kier molecular flexibility index (Phi) is 4.04. The molecule has 2 unspecified atom stereocenters. The second kappa shape index (κ2) is 5.41. The molecule has 1 aromatic rings. The number of ether oxygens (including phenoxy) is 2. The first kappa shape index (κ1) is 14.2. The summed E-state index contributed by atoms with van der Waals surface area (Å²) in [6.07, 6.45) is 0.893. The number of methoxy groups -OCH3 is 2. The van der Waals surface area contributed by atoms with Gasteiger partial charge in [0.05, 0.1) is 12.2 Å². The lowest BCUT2D eigenvalue weighted by atomic mass is 10.3. The summed E-state index contributed by atoms with van der Waals surface area (Å²) >= 11 is 0. The van der Waals surface area contributed by atoms with Crippen LogP contribution < -0.4 is 5.73 Å². The summed E-state index contributed by atoms with van der Waals surface area (Å²) in [6, 6.07) is 2.99. The Labute approximate surface area is 112 Å². The molecule has 1 aliphatic heterocycles. The fraction of sp³-hybridized carbons (Fsp3) is 0.545. The zero-order valence-corrected chi connectivity index (χ0v) is 11.6. The fourth-order valence-electron chi connectivity index (χ4n) is 2.12. The minimum Gasteiger partial charge on any atom is -0.383 e. The maximum absolute atomic E-state index is 12.5. The van der Waals surface area contributed by atoms with Gasteiger partial charge in [-0.05, 0) is 12.1 Å². The van der Waals surface area contributed by atoms with Gasteiger partial charge in [-0.15, -0.1) is 0 Å². The Bertz CT molecular complexity index is 537. The molecule has 0 aromatic carbocycles. The molecule has 0 radical (unpaired) electrons. The molecule has 2 atom stereocenters. The highest BCUT2D eigenvalue weighted by atomic mass is 32.2. The lowest BCUT2D eigenvalue weighted by Gasteiger charge is -2.16. The van der Waals surface area contributed by atoms with E-state index in [1.54, 1.807) is 6.07 Å². The summed E-state index contributed by atoms with van der Waals surface area (Å²) in [4.78, 5) is 3.82. The van der Waals surface area contributed by atoms with E-state index in [0.717, 1.165) is 0 Å². The Morgan fingerprint density at radius 2 is 1.89 bits per heavy atom. The van der Waals surface area contributed by atoms with E-state index < -0.39 is 10.0 Å². The second-order valence-electron chi connectivity index (χ2n) is 4.26. The van der Waals surface area contributed by atoms with Crippen LogP contribution in [0.5, 0.6) is 0 Å². The van der Waals surface area contributed by atoms with E-state index >= 15 is 0 Å². The van der Waals surface area contributed by atoms with Crippen molar-refractivity contribution < 1.29 is 17.9 Å². The largest absolute Gasteiger partial charge is 0.383 e. The van der Waals surface area contributed by atoms with Gasteiger partial charge in [0.25, 0.3) is 0 Å². The molecule has 1 aliphatic rings. The van der Waals surface area contributed by atoms with Crippen molar-refractivity contribution in [2.45, 2.75) is 17.1 Å². The van der Waals surface area contributed by atoms with Crippen LogP contribution in [0.3, 0.4) is 0 Å². The maximum atomic E-state index is 12.5. The van der Waals surface area contributed by atoms with Crippen molar-refractivity contribution in [2.24, 2.45) is 0 Å². The van der Waals surface area contributed by atoms with Gasteiger partial charge >= 0.3 is 0 Å². The highest BCUT2D eigenvalue weighted by Gasteiger charge is 2.40. The third kappa shape index (κ3) is 2.57. The first-order chi connectivity index (χ1) is 9.00. The molecule has 19 heavy (non-hydrogen) atoms. The monoisotopic (exact) mass is 287 g/mol. The average molecular weight is 287 g/mol. The zero-order valence-electron chi connectivity index (χ0n) is 10.8. The summed E-state index contributed by atoms with van der Waals surface area (Å²) < 4.78 is 36.7. The Morgan fingerprint density at radius 1 is 1.32 bits per heavy atom. The number of aromatic nitrogens is 1. The van der Waals surface area contributed by atoms with Crippen molar-refractivity contribution in [3.8, 4) is 0 Å². The fourth-order valence-corrected chi connectivity index (χ4v) is 3.65. The number of hydrogen-bond acceptors (Lipinski definition) is 6. The van der Waals surface area contributed by atoms with Crippen molar-refractivity contribution in [3.63, 3.8) is 0 Å². The minimum atomic E-state index is -3.67. The Morgan fingerprint density at radius 3 is 2.37 bits per heavy atom. The van der Waals surface area contributed by atoms with Crippen LogP contribution in [-0.2, 0) is 19.5 Å². The maximum Gasteiger partial charge on any atom is 0.246 e. The number of nitrogens with two attached hydrogens (primary N) is 1. The van der Waals surface area contributed by atoms with Crippen LogP contribution in [-0.4, -0.2) is 57.2 Å². The number of pyridine rings is 1. The van der Waals surface area contributed by atoms with Gasteiger partial charge < -0.3 is 15.2 Å². The topological polar surface area (TPSA) is 94.8 Å². The van der Waals surface area contributed by atoms with Crippen LogP contribution >= 0.6 is 0 Å². The zero-order chi connectivity index (χ0) is 14.0. The van der Waals surface area contributed by atoms with Gasteiger partial charge in [0.2, 0.25) is 10.0 Å². The molecule has 0 bridgehead atoms. The quantitative estimate of drug-likeness (QED) is 0.817. The van der Waals surface area contributed by atoms with E-state index in [1.807, 2.05) is 0 Å². The van der Waals surface area contributed by atoms with E-state index in [9.17, 15) is 8.42 Å². The minimum absolute atomic E-state index is 0.00247. The SMILES string of the molecule is COC1CN(S(=O)(=O)c2cccnc2N)CC1OC. The van der Waals surface area contributed by atoms with Crippen molar-refractivity contribution in [2.75, 3.05) is 33.0 Å². The molecular formula is C11H17N3O4S. The summed E-state index contributed by atoms with van der Waals surface area (Å²) in [5, 5.41) is 0. The van der Waals surface area contributed by atoms with Crippen LogP contribution in [0, 0.1) is 0 Å². The van der Waals surface area contributed by atoms with Gasteiger partial charge in [-0.3, -0.25) is 0 Å². The number of nitrogen functional groups attached to an aromatic ring is 1. The van der Waals surface area contributed by atoms with Crippen molar-refractivity contribution in [1.82, 2.24) is 9.29 Å². The van der Waals surface area contributed by atoms with Gasteiger partial charge in [-0.1, -0.05) is 0 Å². The van der Waals surface area contributed by atoms with Crippen molar-refractivity contribution in [3.05, 3.63) is 18.3 Å². The molecule has 0 aliphatic carbocycles. The van der Waals surface area contributed by atoms with Crippen LogP contribution in [0.1, 0.15) is 0 Å². The van der Waals surface area contributed by atoms with Gasteiger partial charge in [-0.2, -0.15) is 4.31 Å². The third-order valence-corrected chi connectivity index (χ3v) is 5.08. The number of anilines is 1. The highest BCUT2D eigenvalue weighted by molar-refractivity contribution is 7.89. The van der Waals surface area contributed by atoms with Gasteiger partial charge in [0, 0.05) is 33.5 Å². The lowest BCUT2D eigenvalue weighted by molar-refractivity contribution is -0.00461. The molecule has 2 N–H and O–H groups in total. The first-order valence-corrected chi connectivity index (χ1v) is 7.21. The summed E-state index contributed by atoms with van der Waals surface area (Å²) in [5.41, 5.74) is 5.63. The molecule has 0 amide bonds. The van der Waals surface area contributed by atoms with Gasteiger partial charge in [-0.25, -0.2) is 13.4 Å². The predicted octanol–water partition coefficient (Wildman–Crippen LogP) is -0.302. The molecule has 2 heterocycles. The molecule has 1 fully saturated rings. The van der Waals surface area contributed by atoms with Crippen LogP contribution in [0.2, 0.25) is 0 Å². The first-order valence-electron chi connectivity index (χ1n) is 5.77. The van der Waals surface area contributed by atoms with E-state index in [1.165, 1.54) is 30.8 Å². The number of rotatable bonds is 4. The molecule has 1 aromatic heterocycles. The summed E-state index contributed by atoms with van der Waals surface area (Å²) in [6.45, 7) is 0.483. The van der Waals surface area contributed by atoms with E-state index in [0.29, 0.717) is 0 Å². The Hall–Kier alpha value is -1.22. The lowest BCUT2D eigenvalue weighted by Crippen LogP contribution is -2.30. The standard InChI is InChI=1S/C11H17N3O4S/c1-17-8-6-14(7-9(8)18-2)19(15,16)10-4-3-5-13-11(10)12/h3-5,8-9H,6-7H2,1-2H3,(H2,12,13). The van der Waals surface area contributed by atoms with Crippen molar-refractivity contribution in [1.29, 1.82) is 0 Å². The molecule has 2 rings (SSSR count). The molecule has 0 spiro atoms. The Balaban J connectivity index is 2.30. The van der Waals surface area contributed by atoms with Crippen LogP contribution in [0.15, 0.2) is 23.2 Å². The van der Waals surface area contributed by atoms with Crippen molar-refractivity contribution >= 4 is 15.8 Å². The van der Waals surface area contributed by atoms with Crippen LogP contribution in [0.4, 0.5) is 5.82 Å². The molecule has 106 valence electrons.